The van der Waals surface area contributed by atoms with Crippen LogP contribution < -0.4 is 5.32 Å². The summed E-state index contributed by atoms with van der Waals surface area (Å²) < 4.78 is 2.25. The number of rotatable bonds is 5. The van der Waals surface area contributed by atoms with Crippen molar-refractivity contribution in [1.29, 1.82) is 0 Å². The molecule has 1 aromatic carbocycles. The average Bonchev–Trinajstić information content (AvgIpc) is 3.05. The Kier molecular flexibility index (Phi) is 3.29. The van der Waals surface area contributed by atoms with Crippen LogP contribution in [0.3, 0.4) is 0 Å². The van der Waals surface area contributed by atoms with Gasteiger partial charge in [-0.2, -0.15) is 0 Å². The lowest BCUT2D eigenvalue weighted by atomic mass is 10.3. The third-order valence-electron chi connectivity index (χ3n) is 3.20. The largest absolute Gasteiger partial charge is 0.347 e. The molecule has 0 aliphatic rings. The molecule has 0 radical (unpaired) electrons. The van der Waals surface area contributed by atoms with Crippen molar-refractivity contribution >= 4 is 11.0 Å². The van der Waals surface area contributed by atoms with Crippen LogP contribution in [0, 0.1) is 0 Å². The van der Waals surface area contributed by atoms with E-state index in [-0.39, 0.29) is 0 Å². The normalized spacial score (nSPS) is 11.2. The number of para-hydroxylation sites is 2. The molecular formula is C14H17N5. The van der Waals surface area contributed by atoms with Crippen molar-refractivity contribution in [2.75, 3.05) is 0 Å². The van der Waals surface area contributed by atoms with Gasteiger partial charge in [-0.15, -0.1) is 0 Å². The summed E-state index contributed by atoms with van der Waals surface area (Å²) in [6, 6.07) is 8.25. The van der Waals surface area contributed by atoms with E-state index in [9.17, 15) is 0 Å². The Morgan fingerprint density at radius 1 is 1.26 bits per heavy atom. The second kappa shape index (κ2) is 5.24. The van der Waals surface area contributed by atoms with Gasteiger partial charge >= 0.3 is 0 Å². The number of nitrogens with one attached hydrogen (secondary N) is 2. The van der Waals surface area contributed by atoms with E-state index in [0.29, 0.717) is 0 Å². The first-order valence-electron chi connectivity index (χ1n) is 6.50. The van der Waals surface area contributed by atoms with Crippen LogP contribution >= 0.6 is 0 Å². The van der Waals surface area contributed by atoms with Crippen LogP contribution in [0.2, 0.25) is 0 Å². The first-order valence-corrected chi connectivity index (χ1v) is 6.50. The summed E-state index contributed by atoms with van der Waals surface area (Å²) in [5.41, 5.74) is 3.34. The molecule has 0 spiro atoms. The monoisotopic (exact) mass is 255 g/mol. The molecule has 2 N–H and O–H groups in total. The number of aromatic nitrogens is 4. The average molecular weight is 255 g/mol. The smallest absolute Gasteiger partial charge is 0.123 e. The van der Waals surface area contributed by atoms with Gasteiger partial charge in [-0.1, -0.05) is 12.1 Å². The number of H-pyrrole nitrogens is 1. The van der Waals surface area contributed by atoms with E-state index >= 15 is 0 Å². The van der Waals surface area contributed by atoms with Gasteiger partial charge in [-0.05, 0) is 19.1 Å². The second-order valence-corrected chi connectivity index (χ2v) is 4.44. The lowest BCUT2D eigenvalue weighted by Crippen LogP contribution is -2.16. The Balaban J connectivity index is 1.76. The minimum absolute atomic E-state index is 0.752. The highest BCUT2D eigenvalue weighted by Crippen LogP contribution is 2.15. The summed E-state index contributed by atoms with van der Waals surface area (Å²) in [6.45, 7) is 4.60. The molecule has 5 nitrogen and oxygen atoms in total. The lowest BCUT2D eigenvalue weighted by molar-refractivity contribution is 0.615. The lowest BCUT2D eigenvalue weighted by Gasteiger charge is -2.06. The molecule has 2 heterocycles. The summed E-state index contributed by atoms with van der Waals surface area (Å²) in [4.78, 5) is 11.8. The number of nitrogens with zero attached hydrogens (tertiary/aromatic N) is 3. The molecule has 0 saturated carbocycles. The number of aromatic amines is 1. The Labute approximate surface area is 111 Å². The van der Waals surface area contributed by atoms with Gasteiger partial charge in [-0.3, -0.25) is 0 Å². The zero-order valence-corrected chi connectivity index (χ0v) is 10.9. The van der Waals surface area contributed by atoms with Gasteiger partial charge in [0.25, 0.3) is 0 Å². The predicted octanol–water partition coefficient (Wildman–Crippen LogP) is 2.07. The van der Waals surface area contributed by atoms with Gasteiger partial charge in [0.1, 0.15) is 5.82 Å². The van der Waals surface area contributed by atoms with Crippen LogP contribution in [0.5, 0.6) is 0 Å². The van der Waals surface area contributed by atoms with Gasteiger partial charge in [0.15, 0.2) is 0 Å². The van der Waals surface area contributed by atoms with Gasteiger partial charge in [0.05, 0.1) is 23.9 Å². The Morgan fingerprint density at radius 3 is 2.95 bits per heavy atom. The minimum atomic E-state index is 0.752. The number of hydrogen-bond donors (Lipinski definition) is 2. The maximum absolute atomic E-state index is 4.68. The van der Waals surface area contributed by atoms with E-state index < -0.39 is 0 Å². The van der Waals surface area contributed by atoms with Crippen molar-refractivity contribution < 1.29 is 0 Å². The minimum Gasteiger partial charge on any atom is -0.347 e. The van der Waals surface area contributed by atoms with Crippen molar-refractivity contribution in [2.45, 2.75) is 26.6 Å². The molecule has 0 aliphatic heterocycles. The highest BCUT2D eigenvalue weighted by atomic mass is 15.1. The number of benzene rings is 1. The Hall–Kier alpha value is -2.14. The maximum atomic E-state index is 4.68. The summed E-state index contributed by atoms with van der Waals surface area (Å²) in [7, 11) is 0. The molecule has 3 aromatic rings. The number of fused-ring (bicyclic) bond motifs is 1. The number of imidazole rings is 2. The van der Waals surface area contributed by atoms with E-state index in [0.717, 1.165) is 36.7 Å². The zero-order valence-electron chi connectivity index (χ0n) is 10.9. The molecule has 5 heteroatoms. The third-order valence-corrected chi connectivity index (χ3v) is 3.20. The van der Waals surface area contributed by atoms with Crippen LogP contribution in [0.15, 0.2) is 36.8 Å². The maximum Gasteiger partial charge on any atom is 0.123 e. The van der Waals surface area contributed by atoms with Gasteiger partial charge < -0.3 is 14.9 Å². The van der Waals surface area contributed by atoms with E-state index in [1.165, 1.54) is 5.52 Å². The molecule has 0 amide bonds. The molecular weight excluding hydrogens is 238 g/mol. The van der Waals surface area contributed by atoms with Crippen molar-refractivity contribution in [3.8, 4) is 0 Å². The van der Waals surface area contributed by atoms with Gasteiger partial charge in [0, 0.05) is 25.0 Å². The molecule has 0 aliphatic carbocycles. The predicted molar refractivity (Wildman–Crippen MR) is 74.5 cm³/mol. The summed E-state index contributed by atoms with van der Waals surface area (Å²) in [6.07, 6.45) is 3.52. The van der Waals surface area contributed by atoms with Crippen LogP contribution in [0.4, 0.5) is 0 Å². The van der Waals surface area contributed by atoms with Crippen molar-refractivity contribution in [3.05, 3.63) is 48.3 Å². The SMILES string of the molecule is CCn1c(CNCc2cnc[nH]2)nc2ccccc21. The third kappa shape index (κ3) is 2.37. The van der Waals surface area contributed by atoms with Crippen molar-refractivity contribution in [2.24, 2.45) is 0 Å². The van der Waals surface area contributed by atoms with Crippen LogP contribution in [-0.4, -0.2) is 19.5 Å². The molecule has 0 unspecified atom stereocenters. The molecule has 19 heavy (non-hydrogen) atoms. The van der Waals surface area contributed by atoms with Gasteiger partial charge in [0.2, 0.25) is 0 Å². The molecule has 0 fully saturated rings. The highest BCUT2D eigenvalue weighted by molar-refractivity contribution is 5.75. The standard InChI is InChI=1S/C14H17N5/c1-2-19-13-6-4-3-5-12(13)18-14(19)9-15-7-11-8-16-10-17-11/h3-6,8,10,15H,2,7,9H2,1H3,(H,16,17). The topological polar surface area (TPSA) is 58.5 Å². The molecule has 98 valence electrons. The summed E-state index contributed by atoms with van der Waals surface area (Å²) in [5, 5.41) is 3.39. The van der Waals surface area contributed by atoms with Crippen LogP contribution in [0.25, 0.3) is 11.0 Å². The van der Waals surface area contributed by atoms with Crippen molar-refractivity contribution in [1.82, 2.24) is 24.8 Å². The Morgan fingerprint density at radius 2 is 2.16 bits per heavy atom. The van der Waals surface area contributed by atoms with E-state index in [1.807, 2.05) is 12.3 Å². The fourth-order valence-electron chi connectivity index (χ4n) is 2.30. The summed E-state index contributed by atoms with van der Waals surface area (Å²) >= 11 is 0. The van der Waals surface area contributed by atoms with E-state index in [1.54, 1.807) is 6.33 Å². The number of hydrogen-bond acceptors (Lipinski definition) is 3. The fourth-order valence-corrected chi connectivity index (χ4v) is 2.30. The molecule has 2 aromatic heterocycles. The molecule has 0 bridgehead atoms. The number of aryl methyl sites for hydroxylation is 1. The Bertz CT molecular complexity index is 654. The van der Waals surface area contributed by atoms with Crippen molar-refractivity contribution in [3.63, 3.8) is 0 Å². The van der Waals surface area contributed by atoms with E-state index in [4.69, 9.17) is 0 Å². The zero-order chi connectivity index (χ0) is 13.1. The molecule has 3 rings (SSSR count). The molecule has 0 atom stereocenters. The summed E-state index contributed by atoms with van der Waals surface area (Å²) in [5.74, 6) is 1.07. The molecule has 0 saturated heterocycles. The van der Waals surface area contributed by atoms with Gasteiger partial charge in [-0.25, -0.2) is 9.97 Å². The first-order chi connectivity index (χ1) is 9.38. The fraction of sp³-hybridized carbons (Fsp3) is 0.286. The van der Waals surface area contributed by atoms with Crippen LogP contribution in [0.1, 0.15) is 18.4 Å². The second-order valence-electron chi connectivity index (χ2n) is 4.44. The quantitative estimate of drug-likeness (QED) is 0.733. The first kappa shape index (κ1) is 11.9. The van der Waals surface area contributed by atoms with E-state index in [2.05, 4.69) is 50.0 Å². The highest BCUT2D eigenvalue weighted by Gasteiger charge is 2.08. The van der Waals surface area contributed by atoms with Crippen LogP contribution in [-0.2, 0) is 19.6 Å².